The van der Waals surface area contributed by atoms with E-state index in [2.05, 4.69) is 15.4 Å². The molecule has 0 atom stereocenters. The summed E-state index contributed by atoms with van der Waals surface area (Å²) in [6.45, 7) is 0.598. The van der Waals surface area contributed by atoms with Gasteiger partial charge in [-0.1, -0.05) is 0 Å². The Morgan fingerprint density at radius 1 is 1.45 bits per heavy atom. The van der Waals surface area contributed by atoms with E-state index in [1.807, 2.05) is 0 Å². The maximum atomic E-state index is 12.2. The fourth-order valence-corrected chi connectivity index (χ4v) is 2.14. The van der Waals surface area contributed by atoms with Gasteiger partial charge in [-0.15, -0.1) is 0 Å². The van der Waals surface area contributed by atoms with Gasteiger partial charge in [-0.2, -0.15) is 5.10 Å². The van der Waals surface area contributed by atoms with Gasteiger partial charge in [0.25, 0.3) is 5.56 Å². The molecule has 0 fully saturated rings. The van der Waals surface area contributed by atoms with Crippen LogP contribution in [-0.4, -0.2) is 25.2 Å². The molecule has 0 aliphatic heterocycles. The second kappa shape index (κ2) is 5.84. The number of hydrogen-bond donors (Lipinski definition) is 1. The Morgan fingerprint density at radius 3 is 3.09 bits per heavy atom. The average molecular weight is 301 g/mol. The molecule has 0 saturated carbocycles. The van der Waals surface area contributed by atoms with Gasteiger partial charge < -0.3 is 9.73 Å². The van der Waals surface area contributed by atoms with E-state index < -0.39 is 0 Å². The molecule has 3 aromatic heterocycles. The molecule has 114 valence electrons. The lowest BCUT2D eigenvalue weighted by atomic mass is 10.3. The molecule has 0 unspecified atom stereocenters. The van der Waals surface area contributed by atoms with Crippen molar-refractivity contribution < 1.29 is 9.21 Å². The molecule has 0 saturated heterocycles. The van der Waals surface area contributed by atoms with E-state index >= 15 is 0 Å². The van der Waals surface area contributed by atoms with Crippen LogP contribution in [0.4, 0.5) is 0 Å². The first-order valence-corrected chi connectivity index (χ1v) is 6.81. The van der Waals surface area contributed by atoms with Gasteiger partial charge in [0.2, 0.25) is 5.91 Å². The normalized spacial score (nSPS) is 11.0. The fourth-order valence-electron chi connectivity index (χ4n) is 2.14. The van der Waals surface area contributed by atoms with Crippen LogP contribution in [0.3, 0.4) is 0 Å². The highest BCUT2D eigenvalue weighted by molar-refractivity contribution is 5.76. The summed E-state index contributed by atoms with van der Waals surface area (Å²) in [7, 11) is 1.72. The van der Waals surface area contributed by atoms with Crippen molar-refractivity contribution in [2.24, 2.45) is 7.05 Å². The zero-order chi connectivity index (χ0) is 15.5. The average Bonchev–Trinajstić information content (AvgIpc) is 3.15. The molecule has 0 aliphatic rings. The van der Waals surface area contributed by atoms with Gasteiger partial charge >= 0.3 is 0 Å². The van der Waals surface area contributed by atoms with Crippen molar-refractivity contribution in [1.29, 1.82) is 0 Å². The molecule has 0 aromatic carbocycles. The number of rotatable bonds is 5. The number of aryl methyl sites for hydroxylation is 2. The van der Waals surface area contributed by atoms with Crippen molar-refractivity contribution in [3.63, 3.8) is 0 Å². The lowest BCUT2D eigenvalue weighted by Crippen LogP contribution is -2.27. The molecular formula is C14H15N5O3. The van der Waals surface area contributed by atoms with E-state index in [9.17, 15) is 9.59 Å². The number of fused-ring (bicyclic) bond motifs is 1. The number of hydrogen-bond acceptors (Lipinski definition) is 5. The standard InChI is InChI=1S/C14H15N5O3/c1-18-13-11(8-17-18)14(21)19(9-16-13)5-4-12(20)15-7-10-3-2-6-22-10/h2-3,6,8-9H,4-5,7H2,1H3,(H,15,20). The SMILES string of the molecule is Cn1ncc2c(=O)n(CCC(=O)NCc3ccco3)cnc21. The largest absolute Gasteiger partial charge is 0.467 e. The first-order chi connectivity index (χ1) is 10.6. The third-order valence-corrected chi connectivity index (χ3v) is 3.34. The van der Waals surface area contributed by atoms with Gasteiger partial charge in [-0.3, -0.25) is 18.8 Å². The first-order valence-electron chi connectivity index (χ1n) is 6.81. The molecule has 0 spiro atoms. The quantitative estimate of drug-likeness (QED) is 0.737. The Bertz CT molecular complexity index is 847. The Kier molecular flexibility index (Phi) is 3.73. The van der Waals surface area contributed by atoms with Gasteiger partial charge in [-0.05, 0) is 12.1 Å². The number of furan rings is 1. The molecule has 22 heavy (non-hydrogen) atoms. The van der Waals surface area contributed by atoms with Crippen molar-refractivity contribution in [2.75, 3.05) is 0 Å². The molecule has 8 nitrogen and oxygen atoms in total. The van der Waals surface area contributed by atoms with Gasteiger partial charge in [0, 0.05) is 20.0 Å². The van der Waals surface area contributed by atoms with Crippen molar-refractivity contribution in [1.82, 2.24) is 24.6 Å². The van der Waals surface area contributed by atoms with Crippen molar-refractivity contribution >= 4 is 16.9 Å². The first kappa shape index (κ1) is 14.1. The lowest BCUT2D eigenvalue weighted by molar-refractivity contribution is -0.121. The smallest absolute Gasteiger partial charge is 0.264 e. The van der Waals surface area contributed by atoms with E-state index in [1.165, 1.54) is 21.8 Å². The summed E-state index contributed by atoms with van der Waals surface area (Å²) in [4.78, 5) is 28.2. The Labute approximate surface area is 125 Å². The van der Waals surface area contributed by atoms with Crippen LogP contribution in [0, 0.1) is 0 Å². The predicted octanol–water partition coefficient (Wildman–Crippen LogP) is 0.430. The van der Waals surface area contributed by atoms with Crippen molar-refractivity contribution in [2.45, 2.75) is 19.5 Å². The summed E-state index contributed by atoms with van der Waals surface area (Å²) < 4.78 is 8.08. The van der Waals surface area contributed by atoms with Crippen LogP contribution in [0.25, 0.3) is 11.0 Å². The highest BCUT2D eigenvalue weighted by Gasteiger charge is 2.09. The van der Waals surface area contributed by atoms with Crippen LogP contribution >= 0.6 is 0 Å². The van der Waals surface area contributed by atoms with Crippen LogP contribution in [0.15, 0.2) is 40.1 Å². The maximum Gasteiger partial charge on any atom is 0.264 e. The summed E-state index contributed by atoms with van der Waals surface area (Å²) >= 11 is 0. The third kappa shape index (κ3) is 2.76. The zero-order valence-corrected chi connectivity index (χ0v) is 12.0. The van der Waals surface area contributed by atoms with Crippen LogP contribution < -0.4 is 10.9 Å². The van der Waals surface area contributed by atoms with Crippen LogP contribution in [0.1, 0.15) is 12.2 Å². The number of nitrogens with zero attached hydrogens (tertiary/aromatic N) is 4. The summed E-state index contributed by atoms with van der Waals surface area (Å²) in [6.07, 6.45) is 4.66. The van der Waals surface area contributed by atoms with Gasteiger partial charge in [0.1, 0.15) is 11.1 Å². The van der Waals surface area contributed by atoms with Crippen LogP contribution in [-0.2, 0) is 24.9 Å². The summed E-state index contributed by atoms with van der Waals surface area (Å²) in [5.41, 5.74) is 0.334. The lowest BCUT2D eigenvalue weighted by Gasteiger charge is -2.06. The minimum atomic E-state index is -0.197. The molecule has 3 aromatic rings. The van der Waals surface area contributed by atoms with Gasteiger partial charge in [0.15, 0.2) is 5.65 Å². The topological polar surface area (TPSA) is 95.0 Å². The minimum Gasteiger partial charge on any atom is -0.467 e. The Morgan fingerprint density at radius 2 is 2.32 bits per heavy atom. The van der Waals surface area contributed by atoms with E-state index in [4.69, 9.17) is 4.42 Å². The van der Waals surface area contributed by atoms with E-state index in [0.717, 1.165) is 0 Å². The fraction of sp³-hybridized carbons (Fsp3) is 0.286. The van der Waals surface area contributed by atoms with E-state index in [0.29, 0.717) is 23.3 Å². The summed E-state index contributed by atoms with van der Waals surface area (Å²) in [6, 6.07) is 3.54. The second-order valence-electron chi connectivity index (χ2n) is 4.85. The molecule has 0 aliphatic carbocycles. The third-order valence-electron chi connectivity index (χ3n) is 3.34. The molecule has 1 N–H and O–H groups in total. The predicted molar refractivity (Wildman–Crippen MR) is 77.9 cm³/mol. The summed E-state index contributed by atoms with van der Waals surface area (Å²) in [5.74, 6) is 0.526. The Hall–Kier alpha value is -2.90. The molecule has 8 heteroatoms. The number of amides is 1. The van der Waals surface area contributed by atoms with Gasteiger partial charge in [0.05, 0.1) is 25.3 Å². The highest BCUT2D eigenvalue weighted by Crippen LogP contribution is 2.03. The molecule has 3 rings (SSSR count). The number of aromatic nitrogens is 4. The summed E-state index contributed by atoms with van der Waals surface area (Å²) in [5, 5.41) is 7.18. The molecular weight excluding hydrogens is 286 g/mol. The minimum absolute atomic E-state index is 0.158. The van der Waals surface area contributed by atoms with Crippen LogP contribution in [0.2, 0.25) is 0 Å². The number of carbonyl (C=O) groups is 1. The number of nitrogens with one attached hydrogen (secondary N) is 1. The van der Waals surface area contributed by atoms with Crippen molar-refractivity contribution in [3.05, 3.63) is 47.0 Å². The van der Waals surface area contributed by atoms with E-state index in [1.54, 1.807) is 25.4 Å². The Balaban J connectivity index is 1.62. The van der Waals surface area contributed by atoms with Crippen LogP contribution in [0.5, 0.6) is 0 Å². The highest BCUT2D eigenvalue weighted by atomic mass is 16.3. The monoisotopic (exact) mass is 301 g/mol. The van der Waals surface area contributed by atoms with Gasteiger partial charge in [-0.25, -0.2) is 4.98 Å². The van der Waals surface area contributed by atoms with Crippen molar-refractivity contribution in [3.8, 4) is 0 Å². The molecule has 0 radical (unpaired) electrons. The van der Waals surface area contributed by atoms with E-state index in [-0.39, 0.29) is 24.4 Å². The molecule has 0 bridgehead atoms. The molecule has 1 amide bonds. The maximum absolute atomic E-state index is 12.2. The number of carbonyl (C=O) groups excluding carboxylic acids is 1. The second-order valence-corrected chi connectivity index (χ2v) is 4.85. The molecule has 3 heterocycles. The zero-order valence-electron chi connectivity index (χ0n) is 12.0.